The first-order valence-electron chi connectivity index (χ1n) is 10.6. The summed E-state index contributed by atoms with van der Waals surface area (Å²) in [5.41, 5.74) is 4.44. The maximum atomic E-state index is 13.3. The molecule has 5 heteroatoms. The second-order valence-electron chi connectivity index (χ2n) is 7.80. The molecule has 0 fully saturated rings. The van der Waals surface area contributed by atoms with Crippen LogP contribution in [0, 0.1) is 6.92 Å². The molecule has 0 saturated carbocycles. The first-order valence-corrected chi connectivity index (χ1v) is 10.6. The van der Waals surface area contributed by atoms with Crippen LogP contribution in [0.1, 0.15) is 34.5 Å². The van der Waals surface area contributed by atoms with Gasteiger partial charge in [-0.2, -0.15) is 0 Å². The molecule has 0 spiro atoms. The van der Waals surface area contributed by atoms with Crippen molar-refractivity contribution in [1.29, 1.82) is 0 Å². The van der Waals surface area contributed by atoms with Crippen LogP contribution in [0.3, 0.4) is 0 Å². The number of aryl methyl sites for hydroxylation is 1. The van der Waals surface area contributed by atoms with Gasteiger partial charge in [-0.05, 0) is 37.6 Å². The SMILES string of the molecule is Cc1cccc(-c2ncc(C(=O)NC(C)c3ccccc3)c(N(C)c3ccccc3)n2)c1. The third kappa shape index (κ3) is 4.67. The minimum Gasteiger partial charge on any atom is -0.345 e. The van der Waals surface area contributed by atoms with Crippen LogP contribution in [-0.4, -0.2) is 22.9 Å². The van der Waals surface area contributed by atoms with E-state index >= 15 is 0 Å². The van der Waals surface area contributed by atoms with Crippen molar-refractivity contribution in [2.24, 2.45) is 0 Å². The van der Waals surface area contributed by atoms with E-state index in [1.54, 1.807) is 6.20 Å². The zero-order valence-electron chi connectivity index (χ0n) is 18.5. The lowest BCUT2D eigenvalue weighted by Crippen LogP contribution is -2.29. The fourth-order valence-corrected chi connectivity index (χ4v) is 3.59. The number of benzene rings is 3. The average molecular weight is 423 g/mol. The van der Waals surface area contributed by atoms with Crippen LogP contribution in [-0.2, 0) is 0 Å². The van der Waals surface area contributed by atoms with E-state index in [1.165, 1.54) is 0 Å². The van der Waals surface area contributed by atoms with Gasteiger partial charge in [-0.15, -0.1) is 0 Å². The number of carbonyl (C=O) groups is 1. The standard InChI is InChI=1S/C27H26N4O/c1-19-11-10-14-22(17-19)25-28-18-24(26(30-25)31(3)23-15-8-5-9-16-23)27(32)29-20(2)21-12-6-4-7-13-21/h4-18,20H,1-3H3,(H,29,32). The topological polar surface area (TPSA) is 58.1 Å². The van der Waals surface area contributed by atoms with Crippen LogP contribution in [0.4, 0.5) is 11.5 Å². The summed E-state index contributed by atoms with van der Waals surface area (Å²) in [4.78, 5) is 24.5. The van der Waals surface area contributed by atoms with E-state index < -0.39 is 0 Å². The average Bonchev–Trinajstić information content (AvgIpc) is 2.84. The van der Waals surface area contributed by atoms with Gasteiger partial charge in [0.15, 0.2) is 5.82 Å². The molecule has 160 valence electrons. The fraction of sp³-hybridized carbons (Fsp3) is 0.148. The van der Waals surface area contributed by atoms with Crippen LogP contribution in [0.5, 0.6) is 0 Å². The van der Waals surface area contributed by atoms with Crippen LogP contribution >= 0.6 is 0 Å². The number of anilines is 2. The normalized spacial score (nSPS) is 11.6. The smallest absolute Gasteiger partial charge is 0.257 e. The van der Waals surface area contributed by atoms with Gasteiger partial charge in [0.1, 0.15) is 11.4 Å². The number of amides is 1. The lowest BCUT2D eigenvalue weighted by Gasteiger charge is -2.22. The highest BCUT2D eigenvalue weighted by Gasteiger charge is 2.21. The van der Waals surface area contributed by atoms with E-state index in [0.717, 1.165) is 22.4 Å². The van der Waals surface area contributed by atoms with Gasteiger partial charge in [0, 0.05) is 24.5 Å². The predicted octanol–water partition coefficient (Wildman–Crippen LogP) is 5.71. The van der Waals surface area contributed by atoms with E-state index in [-0.39, 0.29) is 11.9 Å². The van der Waals surface area contributed by atoms with Crippen LogP contribution < -0.4 is 10.2 Å². The molecule has 1 amide bonds. The number of hydrogen-bond donors (Lipinski definition) is 1. The zero-order valence-corrected chi connectivity index (χ0v) is 18.5. The summed E-state index contributed by atoms with van der Waals surface area (Å²) in [7, 11) is 1.91. The summed E-state index contributed by atoms with van der Waals surface area (Å²) >= 11 is 0. The maximum Gasteiger partial charge on any atom is 0.257 e. The van der Waals surface area contributed by atoms with Gasteiger partial charge in [-0.3, -0.25) is 4.79 Å². The number of nitrogens with zero attached hydrogens (tertiary/aromatic N) is 3. The fourth-order valence-electron chi connectivity index (χ4n) is 3.59. The van der Waals surface area contributed by atoms with Gasteiger partial charge in [-0.25, -0.2) is 9.97 Å². The Labute approximate surface area is 188 Å². The van der Waals surface area contributed by atoms with Crippen molar-refractivity contribution < 1.29 is 4.79 Å². The Bertz CT molecular complexity index is 1210. The molecule has 0 bridgehead atoms. The molecule has 32 heavy (non-hydrogen) atoms. The van der Waals surface area contributed by atoms with Crippen molar-refractivity contribution in [2.75, 3.05) is 11.9 Å². The van der Waals surface area contributed by atoms with E-state index in [4.69, 9.17) is 4.98 Å². The molecule has 4 aromatic rings. The van der Waals surface area contributed by atoms with E-state index in [2.05, 4.69) is 10.3 Å². The van der Waals surface area contributed by atoms with Crippen molar-refractivity contribution in [1.82, 2.24) is 15.3 Å². The molecule has 1 aromatic heterocycles. The molecular formula is C27H26N4O. The molecule has 1 heterocycles. The van der Waals surface area contributed by atoms with Crippen LogP contribution in [0.25, 0.3) is 11.4 Å². The molecule has 0 aliphatic rings. The van der Waals surface area contributed by atoms with Gasteiger partial charge in [0.2, 0.25) is 0 Å². The summed E-state index contributed by atoms with van der Waals surface area (Å²) in [6, 6.07) is 27.7. The number of hydrogen-bond acceptors (Lipinski definition) is 4. The molecule has 5 nitrogen and oxygen atoms in total. The number of carbonyl (C=O) groups excluding carboxylic acids is 1. The van der Waals surface area contributed by atoms with Gasteiger partial charge in [-0.1, -0.05) is 72.3 Å². The Hall–Kier alpha value is -3.99. The second-order valence-corrected chi connectivity index (χ2v) is 7.80. The summed E-state index contributed by atoms with van der Waals surface area (Å²) in [6.07, 6.45) is 1.62. The largest absolute Gasteiger partial charge is 0.345 e. The summed E-state index contributed by atoms with van der Waals surface area (Å²) < 4.78 is 0. The highest BCUT2D eigenvalue weighted by atomic mass is 16.1. The Morgan fingerprint density at radius 2 is 1.62 bits per heavy atom. The molecule has 1 N–H and O–H groups in total. The number of para-hydroxylation sites is 1. The Balaban J connectivity index is 1.73. The second kappa shape index (κ2) is 9.43. The quantitative estimate of drug-likeness (QED) is 0.432. The third-order valence-corrected chi connectivity index (χ3v) is 5.40. The highest BCUT2D eigenvalue weighted by Crippen LogP contribution is 2.28. The number of aromatic nitrogens is 2. The predicted molar refractivity (Wildman–Crippen MR) is 129 cm³/mol. The first-order chi connectivity index (χ1) is 15.5. The zero-order chi connectivity index (χ0) is 22.5. The van der Waals surface area contributed by atoms with Crippen molar-refractivity contribution >= 4 is 17.4 Å². The summed E-state index contributed by atoms with van der Waals surface area (Å²) in [5, 5.41) is 3.08. The molecule has 4 rings (SSSR count). The molecular weight excluding hydrogens is 396 g/mol. The van der Waals surface area contributed by atoms with Crippen molar-refractivity contribution in [3.8, 4) is 11.4 Å². The van der Waals surface area contributed by atoms with Crippen molar-refractivity contribution in [3.63, 3.8) is 0 Å². The highest BCUT2D eigenvalue weighted by molar-refractivity contribution is 5.99. The Kier molecular flexibility index (Phi) is 6.26. The van der Waals surface area contributed by atoms with Gasteiger partial charge >= 0.3 is 0 Å². The molecule has 0 aliphatic carbocycles. The van der Waals surface area contributed by atoms with E-state index in [0.29, 0.717) is 17.2 Å². The minimum atomic E-state index is -0.213. The molecule has 1 unspecified atom stereocenters. The number of rotatable bonds is 6. The third-order valence-electron chi connectivity index (χ3n) is 5.40. The summed E-state index contributed by atoms with van der Waals surface area (Å²) in [6.45, 7) is 4.00. The lowest BCUT2D eigenvalue weighted by atomic mass is 10.1. The van der Waals surface area contributed by atoms with Crippen molar-refractivity contribution in [2.45, 2.75) is 19.9 Å². The molecule has 1 atom stereocenters. The van der Waals surface area contributed by atoms with Gasteiger partial charge in [0.05, 0.1) is 6.04 Å². The first kappa shape index (κ1) is 21.2. The Morgan fingerprint density at radius 3 is 2.31 bits per heavy atom. The van der Waals surface area contributed by atoms with Crippen LogP contribution in [0.2, 0.25) is 0 Å². The van der Waals surface area contributed by atoms with E-state index in [1.807, 2.05) is 111 Å². The molecule has 0 aliphatic heterocycles. The van der Waals surface area contributed by atoms with Crippen LogP contribution in [0.15, 0.2) is 91.1 Å². The molecule has 0 radical (unpaired) electrons. The van der Waals surface area contributed by atoms with Gasteiger partial charge < -0.3 is 10.2 Å². The van der Waals surface area contributed by atoms with E-state index in [9.17, 15) is 4.79 Å². The van der Waals surface area contributed by atoms with Crippen molar-refractivity contribution in [3.05, 3.63) is 108 Å². The number of nitrogens with one attached hydrogen (secondary N) is 1. The monoisotopic (exact) mass is 422 g/mol. The van der Waals surface area contributed by atoms with Gasteiger partial charge in [0.25, 0.3) is 5.91 Å². The Morgan fingerprint density at radius 1 is 0.938 bits per heavy atom. The lowest BCUT2D eigenvalue weighted by molar-refractivity contribution is 0.0940. The molecule has 3 aromatic carbocycles. The summed E-state index contributed by atoms with van der Waals surface area (Å²) in [5.74, 6) is 0.925. The minimum absolute atomic E-state index is 0.143. The maximum absolute atomic E-state index is 13.3. The molecule has 0 saturated heterocycles.